The second-order valence-electron chi connectivity index (χ2n) is 3.85. The van der Waals surface area contributed by atoms with Crippen LogP contribution in [0, 0.1) is 6.92 Å². The molecule has 0 radical (unpaired) electrons. The number of rotatable bonds is 7. The summed E-state index contributed by atoms with van der Waals surface area (Å²) in [6.45, 7) is 2.66. The lowest BCUT2D eigenvalue weighted by atomic mass is 10.2. The van der Waals surface area contributed by atoms with Gasteiger partial charge in [0.05, 0.1) is 0 Å². The minimum Gasteiger partial charge on any atom is -0.383 e. The topological polar surface area (TPSA) is 49.3 Å². The van der Waals surface area contributed by atoms with Crippen LogP contribution in [-0.4, -0.2) is 35.7 Å². The molecule has 17 heavy (non-hydrogen) atoms. The summed E-state index contributed by atoms with van der Waals surface area (Å²) in [5.74, 6) is 0.547. The molecular weight excluding hydrogens is 254 g/mol. The van der Waals surface area contributed by atoms with Crippen LogP contribution in [0.3, 0.4) is 0 Å². The lowest BCUT2D eigenvalue weighted by Crippen LogP contribution is -2.35. The van der Waals surface area contributed by atoms with Gasteiger partial charge in [-0.1, -0.05) is 0 Å². The van der Waals surface area contributed by atoms with E-state index in [9.17, 15) is 9.90 Å². The molecule has 0 spiro atoms. The smallest absolute Gasteiger partial charge is 0.248 e. The highest BCUT2D eigenvalue weighted by Gasteiger charge is 2.13. The van der Waals surface area contributed by atoms with Gasteiger partial charge in [-0.25, -0.2) is 0 Å². The molecular formula is C12H19NO2S2. The number of aliphatic hydroxyl groups excluding tert-OH is 1. The van der Waals surface area contributed by atoms with E-state index in [2.05, 4.69) is 24.4 Å². The van der Waals surface area contributed by atoms with Crippen LogP contribution in [0.1, 0.15) is 16.2 Å². The quantitative estimate of drug-likeness (QED) is 0.797. The van der Waals surface area contributed by atoms with Crippen molar-refractivity contribution in [1.82, 2.24) is 5.32 Å². The molecule has 0 aromatic carbocycles. The average molecular weight is 273 g/mol. The van der Waals surface area contributed by atoms with E-state index in [0.29, 0.717) is 13.0 Å². The largest absolute Gasteiger partial charge is 0.383 e. The molecule has 0 bridgehead atoms. The van der Waals surface area contributed by atoms with Crippen molar-refractivity contribution < 1.29 is 9.90 Å². The zero-order chi connectivity index (χ0) is 12.7. The van der Waals surface area contributed by atoms with Crippen LogP contribution in [0.5, 0.6) is 0 Å². The first-order valence-corrected chi connectivity index (χ1v) is 7.84. The molecule has 0 saturated heterocycles. The predicted molar refractivity (Wildman–Crippen MR) is 74.8 cm³/mol. The average Bonchev–Trinajstić information content (AvgIpc) is 2.71. The molecule has 0 fully saturated rings. The Labute approximate surface area is 111 Å². The van der Waals surface area contributed by atoms with E-state index in [1.54, 1.807) is 23.1 Å². The molecule has 3 nitrogen and oxygen atoms in total. The summed E-state index contributed by atoms with van der Waals surface area (Å²) >= 11 is 3.38. The molecule has 0 aliphatic carbocycles. The Bertz CT molecular complexity index is 352. The van der Waals surface area contributed by atoms with Gasteiger partial charge in [-0.05, 0) is 43.9 Å². The van der Waals surface area contributed by atoms with E-state index in [-0.39, 0.29) is 5.91 Å². The zero-order valence-electron chi connectivity index (χ0n) is 10.2. The van der Waals surface area contributed by atoms with Gasteiger partial charge in [-0.2, -0.15) is 11.8 Å². The van der Waals surface area contributed by atoms with Gasteiger partial charge >= 0.3 is 0 Å². The van der Waals surface area contributed by atoms with Crippen molar-refractivity contribution in [3.8, 4) is 0 Å². The zero-order valence-corrected chi connectivity index (χ0v) is 11.9. The number of carbonyl (C=O) groups excluding carboxylic acids is 1. The Balaban J connectivity index is 2.19. The van der Waals surface area contributed by atoms with E-state index in [0.717, 1.165) is 12.2 Å². The van der Waals surface area contributed by atoms with Gasteiger partial charge in [0.1, 0.15) is 6.10 Å². The van der Waals surface area contributed by atoms with E-state index in [1.165, 1.54) is 9.75 Å². The van der Waals surface area contributed by atoms with Crippen LogP contribution < -0.4 is 5.32 Å². The minimum absolute atomic E-state index is 0.257. The molecule has 0 aliphatic rings. The van der Waals surface area contributed by atoms with Crippen molar-refractivity contribution in [2.45, 2.75) is 25.9 Å². The van der Waals surface area contributed by atoms with Gasteiger partial charge in [0.2, 0.25) is 5.91 Å². The Hall–Kier alpha value is -0.520. The number of aryl methyl sites for hydroxylation is 1. The lowest BCUT2D eigenvalue weighted by molar-refractivity contribution is -0.129. The molecule has 1 atom stereocenters. The van der Waals surface area contributed by atoms with Crippen molar-refractivity contribution in [3.63, 3.8) is 0 Å². The molecule has 0 aliphatic heterocycles. The number of nitrogens with one attached hydrogen (secondary N) is 1. The fraction of sp³-hybridized carbons (Fsp3) is 0.583. The minimum atomic E-state index is -0.868. The fourth-order valence-electron chi connectivity index (χ4n) is 1.41. The highest BCUT2D eigenvalue weighted by Crippen LogP contribution is 2.14. The Morgan fingerprint density at radius 2 is 2.35 bits per heavy atom. The van der Waals surface area contributed by atoms with Crippen LogP contribution in [-0.2, 0) is 11.2 Å². The standard InChI is InChI=1S/C12H19NO2S2/c1-9-3-4-10(17-9)5-7-13-12(15)11(14)6-8-16-2/h3-4,11,14H,5-8H2,1-2H3,(H,13,15). The van der Waals surface area contributed by atoms with Crippen molar-refractivity contribution in [3.05, 3.63) is 21.9 Å². The summed E-state index contributed by atoms with van der Waals surface area (Å²) in [5.41, 5.74) is 0. The van der Waals surface area contributed by atoms with Gasteiger partial charge < -0.3 is 10.4 Å². The van der Waals surface area contributed by atoms with Crippen molar-refractivity contribution in [2.24, 2.45) is 0 Å². The SMILES string of the molecule is CSCCC(O)C(=O)NCCc1ccc(C)s1. The van der Waals surface area contributed by atoms with E-state index in [1.807, 2.05) is 6.26 Å². The van der Waals surface area contributed by atoms with Crippen LogP contribution in [0.25, 0.3) is 0 Å². The first kappa shape index (κ1) is 14.5. The molecule has 1 amide bonds. The third-order valence-corrected chi connectivity index (χ3v) is 4.07. The molecule has 2 N–H and O–H groups in total. The normalized spacial score (nSPS) is 12.4. The van der Waals surface area contributed by atoms with Crippen LogP contribution in [0.15, 0.2) is 12.1 Å². The van der Waals surface area contributed by atoms with Crippen molar-refractivity contribution in [1.29, 1.82) is 0 Å². The number of aliphatic hydroxyl groups is 1. The molecule has 96 valence electrons. The van der Waals surface area contributed by atoms with Gasteiger partial charge in [-0.3, -0.25) is 4.79 Å². The second-order valence-corrected chi connectivity index (χ2v) is 6.21. The van der Waals surface area contributed by atoms with Crippen molar-refractivity contribution in [2.75, 3.05) is 18.6 Å². The summed E-state index contributed by atoms with van der Waals surface area (Å²) in [6, 6.07) is 4.16. The summed E-state index contributed by atoms with van der Waals surface area (Å²) in [6.07, 6.45) is 2.45. The molecule has 0 saturated carbocycles. The lowest BCUT2D eigenvalue weighted by Gasteiger charge is -2.10. The Morgan fingerprint density at radius 3 is 2.94 bits per heavy atom. The second kappa shape index (κ2) is 7.74. The van der Waals surface area contributed by atoms with E-state index >= 15 is 0 Å². The first-order valence-electron chi connectivity index (χ1n) is 5.63. The van der Waals surface area contributed by atoms with Gasteiger partial charge in [0.25, 0.3) is 0 Å². The highest BCUT2D eigenvalue weighted by molar-refractivity contribution is 7.98. The third kappa shape index (κ3) is 5.57. The monoisotopic (exact) mass is 273 g/mol. The molecule has 1 heterocycles. The summed E-state index contributed by atoms with van der Waals surface area (Å²) in [4.78, 5) is 14.0. The summed E-state index contributed by atoms with van der Waals surface area (Å²) in [5, 5.41) is 12.3. The van der Waals surface area contributed by atoms with Crippen LogP contribution in [0.2, 0.25) is 0 Å². The van der Waals surface area contributed by atoms with E-state index < -0.39 is 6.10 Å². The Morgan fingerprint density at radius 1 is 1.59 bits per heavy atom. The molecule has 1 unspecified atom stereocenters. The van der Waals surface area contributed by atoms with Crippen LogP contribution >= 0.6 is 23.1 Å². The molecule has 1 aromatic heterocycles. The number of carbonyl (C=O) groups is 1. The number of hydrogen-bond donors (Lipinski definition) is 2. The fourth-order valence-corrected chi connectivity index (χ4v) is 2.76. The number of thiophene rings is 1. The molecule has 1 rings (SSSR count). The highest BCUT2D eigenvalue weighted by atomic mass is 32.2. The molecule has 5 heteroatoms. The molecule has 1 aromatic rings. The first-order chi connectivity index (χ1) is 8.13. The maximum atomic E-state index is 11.5. The predicted octanol–water partition coefficient (Wildman–Crippen LogP) is 1.83. The number of hydrogen-bond acceptors (Lipinski definition) is 4. The van der Waals surface area contributed by atoms with Gasteiger partial charge in [0, 0.05) is 16.3 Å². The van der Waals surface area contributed by atoms with Gasteiger partial charge in [0.15, 0.2) is 0 Å². The summed E-state index contributed by atoms with van der Waals surface area (Å²) < 4.78 is 0. The number of thioether (sulfide) groups is 1. The maximum absolute atomic E-state index is 11.5. The number of amides is 1. The van der Waals surface area contributed by atoms with Crippen molar-refractivity contribution >= 4 is 29.0 Å². The van der Waals surface area contributed by atoms with Crippen LogP contribution in [0.4, 0.5) is 0 Å². The Kier molecular flexibility index (Phi) is 6.62. The third-order valence-electron chi connectivity index (χ3n) is 2.36. The van der Waals surface area contributed by atoms with E-state index in [4.69, 9.17) is 0 Å². The summed E-state index contributed by atoms with van der Waals surface area (Å²) in [7, 11) is 0. The maximum Gasteiger partial charge on any atom is 0.248 e. The van der Waals surface area contributed by atoms with Gasteiger partial charge in [-0.15, -0.1) is 11.3 Å².